The fraction of sp³-hybridized carbons (Fsp3) is 0.714. The van der Waals surface area contributed by atoms with E-state index in [2.05, 4.69) is 34.7 Å². The number of likely N-dealkylation sites (tertiary alicyclic amines) is 2. The molecule has 0 bridgehead atoms. The molecule has 1 aromatic rings. The number of hydrogen-bond donors (Lipinski definition) is 1. The van der Waals surface area contributed by atoms with Crippen molar-refractivity contribution in [1.82, 2.24) is 15.1 Å². The number of rotatable bonds is 6. The molecule has 2 unspecified atom stereocenters. The zero-order chi connectivity index (χ0) is 19.2. The average Bonchev–Trinajstić information content (AvgIpc) is 3.23. The van der Waals surface area contributed by atoms with Crippen molar-refractivity contribution < 1.29 is 9.59 Å². The quantitative estimate of drug-likeness (QED) is 0.810. The monoisotopic (exact) mass is 391 g/mol. The van der Waals surface area contributed by atoms with Gasteiger partial charge in [-0.3, -0.25) is 14.5 Å². The van der Waals surface area contributed by atoms with Crippen LogP contribution >= 0.6 is 11.3 Å². The third kappa shape index (κ3) is 5.32. The first-order chi connectivity index (χ1) is 13.1. The van der Waals surface area contributed by atoms with E-state index in [0.717, 1.165) is 38.4 Å². The summed E-state index contributed by atoms with van der Waals surface area (Å²) in [6, 6.07) is 4.54. The smallest absolute Gasteiger partial charge is 0.224 e. The molecule has 6 heteroatoms. The van der Waals surface area contributed by atoms with Gasteiger partial charge in [0.1, 0.15) is 0 Å². The van der Waals surface area contributed by atoms with Crippen molar-refractivity contribution >= 4 is 23.2 Å². The van der Waals surface area contributed by atoms with Crippen LogP contribution in [-0.2, 0) is 9.59 Å². The van der Waals surface area contributed by atoms with E-state index >= 15 is 0 Å². The lowest BCUT2D eigenvalue weighted by atomic mass is 9.96. The van der Waals surface area contributed by atoms with Crippen molar-refractivity contribution in [3.8, 4) is 0 Å². The maximum absolute atomic E-state index is 12.8. The number of piperidine rings is 2. The molecule has 5 nitrogen and oxygen atoms in total. The van der Waals surface area contributed by atoms with E-state index in [1.54, 1.807) is 11.3 Å². The van der Waals surface area contributed by atoms with Crippen molar-refractivity contribution in [2.45, 2.75) is 52.0 Å². The van der Waals surface area contributed by atoms with Gasteiger partial charge in [-0.25, -0.2) is 0 Å². The third-order valence-corrected chi connectivity index (χ3v) is 7.02. The van der Waals surface area contributed by atoms with E-state index in [4.69, 9.17) is 0 Å². The summed E-state index contributed by atoms with van der Waals surface area (Å²) in [5.41, 5.74) is 0. The molecule has 2 aliphatic rings. The average molecular weight is 392 g/mol. The predicted molar refractivity (Wildman–Crippen MR) is 110 cm³/mol. The van der Waals surface area contributed by atoms with Crippen LogP contribution in [0, 0.1) is 11.8 Å². The highest BCUT2D eigenvalue weighted by atomic mass is 32.1. The minimum Gasteiger partial charge on any atom is -0.354 e. The number of thiophene rings is 1. The molecular weight excluding hydrogens is 358 g/mol. The molecule has 2 saturated heterocycles. The third-order valence-electron chi connectivity index (χ3n) is 6.05. The lowest BCUT2D eigenvalue weighted by Crippen LogP contribution is -2.47. The van der Waals surface area contributed by atoms with Crippen LogP contribution in [0.5, 0.6) is 0 Å². The molecule has 3 heterocycles. The van der Waals surface area contributed by atoms with E-state index in [9.17, 15) is 9.59 Å². The summed E-state index contributed by atoms with van der Waals surface area (Å²) in [5.74, 6) is 0.991. The maximum Gasteiger partial charge on any atom is 0.224 e. The van der Waals surface area contributed by atoms with Crippen LogP contribution in [-0.4, -0.2) is 54.3 Å². The Hall–Kier alpha value is -1.40. The van der Waals surface area contributed by atoms with Crippen molar-refractivity contribution in [3.05, 3.63) is 22.4 Å². The predicted octanol–water partition coefficient (Wildman–Crippen LogP) is 3.29. The second kappa shape index (κ2) is 9.69. The Morgan fingerprint density at radius 1 is 1.26 bits per heavy atom. The van der Waals surface area contributed by atoms with Gasteiger partial charge >= 0.3 is 0 Å². The summed E-state index contributed by atoms with van der Waals surface area (Å²) >= 11 is 1.77. The Labute approximate surface area is 167 Å². The van der Waals surface area contributed by atoms with E-state index in [0.29, 0.717) is 19.5 Å². The Morgan fingerprint density at radius 2 is 2.04 bits per heavy atom. The van der Waals surface area contributed by atoms with Gasteiger partial charge in [0.05, 0.1) is 12.0 Å². The van der Waals surface area contributed by atoms with Crippen LogP contribution in [0.2, 0.25) is 0 Å². The van der Waals surface area contributed by atoms with E-state index < -0.39 is 0 Å². The van der Waals surface area contributed by atoms with E-state index in [1.807, 2.05) is 11.8 Å². The largest absolute Gasteiger partial charge is 0.354 e. The summed E-state index contributed by atoms with van der Waals surface area (Å²) in [4.78, 5) is 30.5. The van der Waals surface area contributed by atoms with Gasteiger partial charge in [0.25, 0.3) is 0 Å². The minimum atomic E-state index is -0.0698. The first-order valence-electron chi connectivity index (χ1n) is 10.4. The molecule has 0 radical (unpaired) electrons. The van der Waals surface area contributed by atoms with Gasteiger partial charge in [-0.1, -0.05) is 19.9 Å². The molecule has 3 rings (SSSR count). The molecule has 0 aromatic carbocycles. The van der Waals surface area contributed by atoms with Gasteiger partial charge in [-0.15, -0.1) is 11.3 Å². The topological polar surface area (TPSA) is 52.7 Å². The highest BCUT2D eigenvalue weighted by molar-refractivity contribution is 7.10. The number of carbonyl (C=O) groups is 2. The van der Waals surface area contributed by atoms with Gasteiger partial charge in [0.2, 0.25) is 11.8 Å². The van der Waals surface area contributed by atoms with Crippen LogP contribution < -0.4 is 5.32 Å². The first kappa shape index (κ1) is 20.3. The second-order valence-electron chi connectivity index (χ2n) is 8.03. The molecule has 1 N–H and O–H groups in total. The number of carbonyl (C=O) groups excluding carboxylic acids is 2. The summed E-state index contributed by atoms with van der Waals surface area (Å²) < 4.78 is 0. The van der Waals surface area contributed by atoms with Crippen LogP contribution in [0.3, 0.4) is 0 Å². The van der Waals surface area contributed by atoms with Gasteiger partial charge in [0.15, 0.2) is 0 Å². The molecule has 0 aliphatic carbocycles. The Kier molecular flexibility index (Phi) is 7.30. The molecule has 2 aliphatic heterocycles. The fourth-order valence-corrected chi connectivity index (χ4v) is 5.07. The van der Waals surface area contributed by atoms with Crippen molar-refractivity contribution in [2.75, 3.05) is 32.7 Å². The number of nitrogens with zero attached hydrogens (tertiary/aromatic N) is 2. The number of nitrogens with one attached hydrogen (secondary N) is 1. The van der Waals surface area contributed by atoms with Crippen molar-refractivity contribution in [3.63, 3.8) is 0 Å². The van der Waals surface area contributed by atoms with Crippen molar-refractivity contribution in [2.24, 2.45) is 11.8 Å². The maximum atomic E-state index is 12.8. The van der Waals surface area contributed by atoms with Gasteiger partial charge < -0.3 is 10.2 Å². The minimum absolute atomic E-state index is 0.0698. The van der Waals surface area contributed by atoms with Gasteiger partial charge in [-0.2, -0.15) is 0 Å². The number of hydrogen-bond acceptors (Lipinski definition) is 4. The van der Waals surface area contributed by atoms with Gasteiger partial charge in [0, 0.05) is 30.9 Å². The number of amides is 2. The van der Waals surface area contributed by atoms with Crippen LogP contribution in [0.4, 0.5) is 0 Å². The zero-order valence-electron chi connectivity index (χ0n) is 16.7. The van der Waals surface area contributed by atoms with E-state index in [-0.39, 0.29) is 23.8 Å². The highest BCUT2D eigenvalue weighted by Crippen LogP contribution is 2.29. The summed E-state index contributed by atoms with van der Waals surface area (Å²) in [6.45, 7) is 8.43. The SMILES string of the molecule is CCC(=O)N1CCCC(C(=O)NCC(c2cccs2)N2CCC(C)CC2)C1. The molecule has 2 amide bonds. The van der Waals surface area contributed by atoms with Gasteiger partial charge in [-0.05, 0) is 56.1 Å². The molecule has 0 spiro atoms. The Morgan fingerprint density at radius 3 is 2.70 bits per heavy atom. The molecule has 0 saturated carbocycles. The molecular formula is C21H33N3O2S. The molecule has 27 heavy (non-hydrogen) atoms. The lowest BCUT2D eigenvalue weighted by molar-refractivity contribution is -0.135. The van der Waals surface area contributed by atoms with Crippen LogP contribution in [0.1, 0.15) is 56.9 Å². The normalized spacial score (nSPS) is 23.2. The standard InChI is InChI=1S/C21H33N3O2S/c1-3-20(25)24-10-4-6-17(15-24)21(26)22-14-18(19-7-5-13-27-19)23-11-8-16(2)9-12-23/h5,7,13,16-18H,3-4,6,8-12,14-15H2,1-2H3,(H,22,26). The van der Waals surface area contributed by atoms with Crippen molar-refractivity contribution in [1.29, 1.82) is 0 Å². The van der Waals surface area contributed by atoms with Crippen LogP contribution in [0.25, 0.3) is 0 Å². The highest BCUT2D eigenvalue weighted by Gasteiger charge is 2.30. The second-order valence-corrected chi connectivity index (χ2v) is 9.01. The first-order valence-corrected chi connectivity index (χ1v) is 11.3. The molecule has 150 valence electrons. The van der Waals surface area contributed by atoms with Crippen LogP contribution in [0.15, 0.2) is 17.5 Å². The molecule has 1 aromatic heterocycles. The van der Waals surface area contributed by atoms with E-state index in [1.165, 1.54) is 17.7 Å². The molecule has 2 atom stereocenters. The summed E-state index contributed by atoms with van der Waals surface area (Å²) in [6.07, 6.45) is 4.77. The lowest BCUT2D eigenvalue weighted by Gasteiger charge is -2.37. The Bertz CT molecular complexity index is 611. The summed E-state index contributed by atoms with van der Waals surface area (Å²) in [5, 5.41) is 5.33. The Balaban J connectivity index is 1.58. The molecule has 2 fully saturated rings. The summed E-state index contributed by atoms with van der Waals surface area (Å²) in [7, 11) is 0. The fourth-order valence-electron chi connectivity index (χ4n) is 4.21. The zero-order valence-corrected chi connectivity index (χ0v) is 17.5.